The number of alkyl halides is 3. The van der Waals surface area contributed by atoms with Crippen LogP contribution in [0, 0.1) is 6.92 Å². The minimum Gasteiger partial charge on any atom is -0.324 e. The van der Waals surface area contributed by atoms with Gasteiger partial charge in [-0.05, 0) is 31.0 Å². The summed E-state index contributed by atoms with van der Waals surface area (Å²) in [6.45, 7) is 3.18. The fourth-order valence-corrected chi connectivity index (χ4v) is 1.29. The molecule has 0 aliphatic carbocycles. The fraction of sp³-hybridized carbons (Fsp3) is 0.400. The van der Waals surface area contributed by atoms with E-state index in [1.165, 1.54) is 19.1 Å². The SMILES string of the molecule is Cc1cc([C@@H](C)N)ccc1C(F)(F)F. The van der Waals surface area contributed by atoms with Crippen molar-refractivity contribution in [2.75, 3.05) is 0 Å². The molecule has 0 radical (unpaired) electrons. The molecule has 14 heavy (non-hydrogen) atoms. The van der Waals surface area contributed by atoms with E-state index < -0.39 is 11.7 Å². The first-order valence-electron chi connectivity index (χ1n) is 4.25. The summed E-state index contributed by atoms with van der Waals surface area (Å²) in [4.78, 5) is 0. The Labute approximate surface area is 80.7 Å². The second-order valence-corrected chi connectivity index (χ2v) is 3.36. The van der Waals surface area contributed by atoms with E-state index in [2.05, 4.69) is 0 Å². The third-order valence-electron chi connectivity index (χ3n) is 2.08. The number of hydrogen-bond acceptors (Lipinski definition) is 1. The first-order valence-corrected chi connectivity index (χ1v) is 4.25. The number of hydrogen-bond donors (Lipinski definition) is 1. The first-order chi connectivity index (χ1) is 6.32. The lowest BCUT2D eigenvalue weighted by atomic mass is 10.0. The molecule has 0 saturated heterocycles. The lowest BCUT2D eigenvalue weighted by Gasteiger charge is -2.13. The molecule has 0 amide bonds. The summed E-state index contributed by atoms with van der Waals surface area (Å²) < 4.78 is 37.1. The molecular weight excluding hydrogens is 191 g/mol. The van der Waals surface area contributed by atoms with Gasteiger partial charge in [0.15, 0.2) is 0 Å². The molecular formula is C10H12F3N. The Hall–Kier alpha value is -1.03. The van der Waals surface area contributed by atoms with Crippen molar-refractivity contribution in [3.8, 4) is 0 Å². The lowest BCUT2D eigenvalue weighted by Crippen LogP contribution is -2.10. The molecule has 4 heteroatoms. The molecule has 0 aliphatic heterocycles. The third kappa shape index (κ3) is 2.26. The Bertz CT molecular complexity index is 329. The van der Waals surface area contributed by atoms with Gasteiger partial charge in [-0.3, -0.25) is 0 Å². The smallest absolute Gasteiger partial charge is 0.324 e. The maximum atomic E-state index is 12.4. The monoisotopic (exact) mass is 203 g/mol. The van der Waals surface area contributed by atoms with Crippen LogP contribution in [-0.2, 0) is 6.18 Å². The van der Waals surface area contributed by atoms with E-state index in [0.29, 0.717) is 0 Å². The van der Waals surface area contributed by atoms with E-state index in [9.17, 15) is 13.2 Å². The Kier molecular flexibility index (Phi) is 2.85. The molecule has 0 bridgehead atoms. The van der Waals surface area contributed by atoms with Crippen molar-refractivity contribution in [2.45, 2.75) is 26.1 Å². The van der Waals surface area contributed by atoms with Gasteiger partial charge in [-0.15, -0.1) is 0 Å². The molecule has 0 fully saturated rings. The predicted octanol–water partition coefficient (Wildman–Crippen LogP) is 3.03. The molecule has 0 saturated carbocycles. The van der Waals surface area contributed by atoms with Gasteiger partial charge < -0.3 is 5.73 Å². The van der Waals surface area contributed by atoms with Gasteiger partial charge >= 0.3 is 6.18 Å². The molecule has 1 aromatic carbocycles. The largest absolute Gasteiger partial charge is 0.416 e. The van der Waals surface area contributed by atoms with Gasteiger partial charge in [0.2, 0.25) is 0 Å². The van der Waals surface area contributed by atoms with Crippen LogP contribution in [0.5, 0.6) is 0 Å². The molecule has 2 N–H and O–H groups in total. The summed E-state index contributed by atoms with van der Waals surface area (Å²) in [6.07, 6.45) is -4.28. The minimum atomic E-state index is -4.28. The fourth-order valence-electron chi connectivity index (χ4n) is 1.29. The molecule has 1 rings (SSSR count). The molecule has 78 valence electrons. The van der Waals surface area contributed by atoms with Crippen LogP contribution in [0.2, 0.25) is 0 Å². The van der Waals surface area contributed by atoms with Gasteiger partial charge in [0.05, 0.1) is 5.56 Å². The van der Waals surface area contributed by atoms with Crippen LogP contribution in [-0.4, -0.2) is 0 Å². The first kappa shape index (κ1) is 11.0. The third-order valence-corrected chi connectivity index (χ3v) is 2.08. The number of aryl methyl sites for hydroxylation is 1. The zero-order valence-corrected chi connectivity index (χ0v) is 8.02. The van der Waals surface area contributed by atoms with Gasteiger partial charge in [0.25, 0.3) is 0 Å². The van der Waals surface area contributed by atoms with Crippen LogP contribution in [0.25, 0.3) is 0 Å². The van der Waals surface area contributed by atoms with Crippen molar-refractivity contribution in [3.63, 3.8) is 0 Å². The highest BCUT2D eigenvalue weighted by atomic mass is 19.4. The quantitative estimate of drug-likeness (QED) is 0.745. The maximum absolute atomic E-state index is 12.4. The highest BCUT2D eigenvalue weighted by molar-refractivity contribution is 5.34. The highest BCUT2D eigenvalue weighted by Crippen LogP contribution is 2.32. The van der Waals surface area contributed by atoms with Gasteiger partial charge in [-0.2, -0.15) is 13.2 Å². The van der Waals surface area contributed by atoms with Crippen molar-refractivity contribution in [2.24, 2.45) is 5.73 Å². The minimum absolute atomic E-state index is 0.215. The van der Waals surface area contributed by atoms with Crippen molar-refractivity contribution < 1.29 is 13.2 Å². The lowest BCUT2D eigenvalue weighted by molar-refractivity contribution is -0.138. The average Bonchev–Trinajstić information content (AvgIpc) is 2.01. The van der Waals surface area contributed by atoms with Gasteiger partial charge in [0, 0.05) is 6.04 Å². The Morgan fingerprint density at radius 3 is 2.21 bits per heavy atom. The van der Waals surface area contributed by atoms with Gasteiger partial charge in [-0.1, -0.05) is 12.1 Å². The average molecular weight is 203 g/mol. The summed E-state index contributed by atoms with van der Waals surface area (Å²) >= 11 is 0. The van der Waals surface area contributed by atoms with Gasteiger partial charge in [0.1, 0.15) is 0 Å². The number of benzene rings is 1. The van der Waals surface area contributed by atoms with Crippen LogP contribution in [0.3, 0.4) is 0 Å². The van der Waals surface area contributed by atoms with E-state index in [1.54, 1.807) is 6.92 Å². The van der Waals surface area contributed by atoms with Crippen molar-refractivity contribution in [3.05, 3.63) is 34.9 Å². The molecule has 0 aliphatic rings. The highest BCUT2D eigenvalue weighted by Gasteiger charge is 2.32. The van der Waals surface area contributed by atoms with Crippen molar-refractivity contribution in [1.82, 2.24) is 0 Å². The van der Waals surface area contributed by atoms with Crippen LogP contribution in [0.15, 0.2) is 18.2 Å². The zero-order chi connectivity index (χ0) is 10.9. The van der Waals surface area contributed by atoms with Crippen LogP contribution in [0.1, 0.15) is 29.7 Å². The maximum Gasteiger partial charge on any atom is 0.416 e. The summed E-state index contributed by atoms with van der Waals surface area (Å²) in [7, 11) is 0. The van der Waals surface area contributed by atoms with Crippen LogP contribution >= 0.6 is 0 Å². The topological polar surface area (TPSA) is 26.0 Å². The van der Waals surface area contributed by atoms with Gasteiger partial charge in [-0.25, -0.2) is 0 Å². The number of nitrogens with two attached hydrogens (primary N) is 1. The van der Waals surface area contributed by atoms with E-state index in [-0.39, 0.29) is 11.6 Å². The predicted molar refractivity (Wildman–Crippen MR) is 48.8 cm³/mol. The second-order valence-electron chi connectivity index (χ2n) is 3.36. The van der Waals surface area contributed by atoms with Crippen molar-refractivity contribution in [1.29, 1.82) is 0 Å². The molecule has 0 spiro atoms. The molecule has 0 aromatic heterocycles. The summed E-state index contributed by atoms with van der Waals surface area (Å²) in [6, 6.07) is 3.73. The van der Waals surface area contributed by atoms with E-state index in [0.717, 1.165) is 11.6 Å². The van der Waals surface area contributed by atoms with Crippen LogP contribution in [0.4, 0.5) is 13.2 Å². The molecule has 0 heterocycles. The summed E-state index contributed by atoms with van der Waals surface area (Å²) in [5.74, 6) is 0. The summed E-state index contributed by atoms with van der Waals surface area (Å²) in [5, 5.41) is 0. The number of rotatable bonds is 1. The summed E-state index contributed by atoms with van der Waals surface area (Å²) in [5.41, 5.74) is 5.90. The van der Waals surface area contributed by atoms with E-state index in [1.807, 2.05) is 0 Å². The van der Waals surface area contributed by atoms with Crippen LogP contribution < -0.4 is 5.73 Å². The standard InChI is InChI=1S/C10H12F3N/c1-6-5-8(7(2)14)3-4-9(6)10(11,12)13/h3-5,7H,14H2,1-2H3/t7-/m1/s1. The molecule has 1 aromatic rings. The molecule has 1 atom stereocenters. The normalized spacial score (nSPS) is 14.1. The van der Waals surface area contributed by atoms with E-state index in [4.69, 9.17) is 5.73 Å². The Morgan fingerprint density at radius 2 is 1.86 bits per heavy atom. The molecule has 1 nitrogen and oxygen atoms in total. The second kappa shape index (κ2) is 3.61. The van der Waals surface area contributed by atoms with Crippen molar-refractivity contribution >= 4 is 0 Å². The van der Waals surface area contributed by atoms with E-state index >= 15 is 0 Å². The number of halogens is 3. The molecule has 0 unspecified atom stereocenters. The zero-order valence-electron chi connectivity index (χ0n) is 8.02. The Morgan fingerprint density at radius 1 is 1.29 bits per heavy atom. The Balaban J connectivity index is 3.15.